The Hall–Kier alpha value is -2.05. The van der Waals surface area contributed by atoms with E-state index in [4.69, 9.17) is 0 Å². The summed E-state index contributed by atoms with van der Waals surface area (Å²) in [5.41, 5.74) is 3.01. The van der Waals surface area contributed by atoms with Gasteiger partial charge in [-0.25, -0.2) is 0 Å². The first-order chi connectivity index (χ1) is 11.1. The molecule has 2 aromatic carbocycles. The molecule has 0 saturated heterocycles. The third kappa shape index (κ3) is 2.13. The number of carbonyl (C=O) groups excluding carboxylic acids is 2. The van der Waals surface area contributed by atoms with Crippen LogP contribution in [0.1, 0.15) is 45.7 Å². The smallest absolute Gasteiger partial charge is 0.196 e. The highest BCUT2D eigenvalue weighted by Crippen LogP contribution is 2.38. The van der Waals surface area contributed by atoms with Crippen LogP contribution in [0.5, 0.6) is 0 Å². The van der Waals surface area contributed by atoms with Gasteiger partial charge in [-0.2, -0.15) is 8.75 Å². The van der Waals surface area contributed by atoms with E-state index >= 15 is 0 Å². The van der Waals surface area contributed by atoms with Gasteiger partial charge in [-0.1, -0.05) is 38.1 Å². The largest absolute Gasteiger partial charge is 0.289 e. The molecule has 0 atom stereocenters. The molecular formula is C17H12N2O2S2. The summed E-state index contributed by atoms with van der Waals surface area (Å²) in [6, 6.07) is 8.76. The second-order valence-electron chi connectivity index (χ2n) is 5.63. The number of hydrogen-bond acceptors (Lipinski definition) is 6. The maximum absolute atomic E-state index is 12.9. The van der Waals surface area contributed by atoms with Crippen molar-refractivity contribution in [3.63, 3.8) is 0 Å². The van der Waals surface area contributed by atoms with Crippen molar-refractivity contribution in [2.45, 2.75) is 24.0 Å². The number of fused-ring (bicyclic) bond motifs is 4. The molecule has 0 saturated carbocycles. The van der Waals surface area contributed by atoms with Crippen molar-refractivity contribution in [2.24, 2.45) is 0 Å². The molecule has 0 amide bonds. The van der Waals surface area contributed by atoms with Crippen LogP contribution >= 0.6 is 23.5 Å². The van der Waals surface area contributed by atoms with Crippen LogP contribution in [0.2, 0.25) is 0 Å². The van der Waals surface area contributed by atoms with E-state index in [1.165, 1.54) is 0 Å². The number of nitrogens with zero attached hydrogens (tertiary/aromatic N) is 2. The SMILES string of the molecule is CC(C)Sc1cc2c(c3nsnc13)C(=O)c1ccccc1C2=O. The Morgan fingerprint density at radius 2 is 1.61 bits per heavy atom. The van der Waals surface area contributed by atoms with Crippen LogP contribution in [0.25, 0.3) is 11.0 Å². The summed E-state index contributed by atoms with van der Waals surface area (Å²) >= 11 is 2.71. The maximum Gasteiger partial charge on any atom is 0.196 e. The highest BCUT2D eigenvalue weighted by Gasteiger charge is 2.33. The zero-order valence-electron chi connectivity index (χ0n) is 12.5. The average molecular weight is 340 g/mol. The lowest BCUT2D eigenvalue weighted by atomic mass is 9.83. The van der Waals surface area contributed by atoms with Crippen molar-refractivity contribution in [3.8, 4) is 0 Å². The summed E-state index contributed by atoms with van der Waals surface area (Å²) in [4.78, 5) is 26.6. The minimum absolute atomic E-state index is 0.115. The molecule has 0 radical (unpaired) electrons. The van der Waals surface area contributed by atoms with Crippen LogP contribution in [-0.4, -0.2) is 25.6 Å². The summed E-state index contributed by atoms with van der Waals surface area (Å²) in [5.74, 6) is -0.260. The summed E-state index contributed by atoms with van der Waals surface area (Å²) in [5, 5.41) is 0.347. The molecule has 114 valence electrons. The minimum atomic E-state index is -0.144. The topological polar surface area (TPSA) is 59.9 Å². The predicted octanol–water partition coefficient (Wildman–Crippen LogP) is 3.97. The molecule has 0 aliphatic heterocycles. The van der Waals surface area contributed by atoms with Crippen LogP contribution in [-0.2, 0) is 0 Å². The van der Waals surface area contributed by atoms with Crippen LogP contribution < -0.4 is 0 Å². The van der Waals surface area contributed by atoms with Gasteiger partial charge in [0.25, 0.3) is 0 Å². The average Bonchev–Trinajstić information content (AvgIpc) is 3.01. The molecule has 6 heteroatoms. The molecule has 1 heterocycles. The lowest BCUT2D eigenvalue weighted by Crippen LogP contribution is -2.21. The molecule has 4 nitrogen and oxygen atoms in total. The van der Waals surface area contributed by atoms with Gasteiger partial charge in [0, 0.05) is 26.8 Å². The third-order valence-electron chi connectivity index (χ3n) is 3.75. The standard InChI is InChI=1S/C17H12N2O2S2/c1-8(2)22-12-7-11-13(15-14(12)18-23-19-15)17(21)10-6-4-3-5-9(10)16(11)20/h3-8H,1-2H3. The van der Waals surface area contributed by atoms with Gasteiger partial charge in [0.2, 0.25) is 0 Å². The van der Waals surface area contributed by atoms with E-state index in [9.17, 15) is 9.59 Å². The Bertz CT molecular complexity index is 976. The van der Waals surface area contributed by atoms with Gasteiger partial charge in [0.15, 0.2) is 11.6 Å². The fraction of sp³-hybridized carbons (Fsp3) is 0.176. The van der Waals surface area contributed by atoms with Crippen molar-refractivity contribution in [2.75, 3.05) is 0 Å². The second kappa shape index (κ2) is 5.25. The molecule has 4 rings (SSSR count). The fourth-order valence-corrected chi connectivity index (χ4v) is 4.40. The van der Waals surface area contributed by atoms with Crippen LogP contribution in [0.3, 0.4) is 0 Å². The number of ketones is 2. The molecule has 0 unspecified atom stereocenters. The lowest BCUT2D eigenvalue weighted by molar-refractivity contribution is 0.0980. The van der Waals surface area contributed by atoms with Crippen LogP contribution in [0.4, 0.5) is 0 Å². The van der Waals surface area contributed by atoms with Gasteiger partial charge < -0.3 is 0 Å². The van der Waals surface area contributed by atoms with Gasteiger partial charge in [0.1, 0.15) is 11.0 Å². The van der Waals surface area contributed by atoms with E-state index in [1.807, 2.05) is 0 Å². The summed E-state index contributed by atoms with van der Waals surface area (Å²) in [7, 11) is 0. The molecule has 1 aliphatic rings. The van der Waals surface area contributed by atoms with Gasteiger partial charge in [0.05, 0.1) is 17.3 Å². The summed E-state index contributed by atoms with van der Waals surface area (Å²) in [6.45, 7) is 4.16. The number of benzene rings is 2. The Balaban J connectivity index is 2.05. The number of rotatable bonds is 2. The number of hydrogen-bond donors (Lipinski definition) is 0. The highest BCUT2D eigenvalue weighted by atomic mass is 32.2. The summed E-state index contributed by atoms with van der Waals surface area (Å²) in [6.07, 6.45) is 0. The quantitative estimate of drug-likeness (QED) is 0.517. The van der Waals surface area contributed by atoms with Gasteiger partial charge in [-0.05, 0) is 6.07 Å². The first kappa shape index (κ1) is 14.5. The molecule has 0 N–H and O–H groups in total. The monoisotopic (exact) mass is 340 g/mol. The Morgan fingerprint density at radius 1 is 0.957 bits per heavy atom. The molecule has 23 heavy (non-hydrogen) atoms. The fourth-order valence-electron chi connectivity index (χ4n) is 2.83. The number of carbonyl (C=O) groups is 2. The molecule has 1 aliphatic carbocycles. The van der Waals surface area contributed by atoms with E-state index in [0.717, 1.165) is 16.6 Å². The van der Waals surface area contributed by atoms with Gasteiger partial charge in [-0.15, -0.1) is 11.8 Å². The van der Waals surface area contributed by atoms with Crippen molar-refractivity contribution in [1.82, 2.24) is 8.75 Å². The second-order valence-corrected chi connectivity index (χ2v) is 7.78. The molecule has 0 fully saturated rings. The van der Waals surface area contributed by atoms with Crippen molar-refractivity contribution < 1.29 is 9.59 Å². The minimum Gasteiger partial charge on any atom is -0.289 e. The first-order valence-corrected chi connectivity index (χ1v) is 8.83. The zero-order valence-corrected chi connectivity index (χ0v) is 14.1. The first-order valence-electron chi connectivity index (χ1n) is 7.22. The lowest BCUT2D eigenvalue weighted by Gasteiger charge is -2.18. The number of aromatic nitrogens is 2. The molecule has 0 bridgehead atoms. The van der Waals surface area contributed by atoms with Crippen LogP contribution in [0, 0.1) is 0 Å². The Morgan fingerprint density at radius 3 is 2.30 bits per heavy atom. The third-order valence-corrected chi connectivity index (χ3v) is 5.32. The molecule has 1 aromatic heterocycles. The van der Waals surface area contributed by atoms with Crippen molar-refractivity contribution >= 4 is 46.1 Å². The zero-order chi connectivity index (χ0) is 16.1. The van der Waals surface area contributed by atoms with Gasteiger partial charge in [-0.3, -0.25) is 9.59 Å². The van der Waals surface area contributed by atoms with E-state index in [-0.39, 0.29) is 11.6 Å². The van der Waals surface area contributed by atoms with Crippen molar-refractivity contribution in [3.05, 3.63) is 52.6 Å². The maximum atomic E-state index is 12.9. The van der Waals surface area contributed by atoms with E-state index in [1.54, 1.807) is 42.1 Å². The predicted molar refractivity (Wildman–Crippen MR) is 91.7 cm³/mol. The normalized spacial score (nSPS) is 13.5. The highest BCUT2D eigenvalue weighted by molar-refractivity contribution is 8.00. The van der Waals surface area contributed by atoms with E-state index < -0.39 is 0 Å². The molecular weight excluding hydrogens is 328 g/mol. The van der Waals surface area contributed by atoms with E-state index in [0.29, 0.717) is 38.5 Å². The van der Waals surface area contributed by atoms with E-state index in [2.05, 4.69) is 22.6 Å². The summed E-state index contributed by atoms with van der Waals surface area (Å²) < 4.78 is 8.64. The Labute approximate surface area is 141 Å². The van der Waals surface area contributed by atoms with Crippen molar-refractivity contribution in [1.29, 1.82) is 0 Å². The number of thioether (sulfide) groups is 1. The molecule has 0 spiro atoms. The van der Waals surface area contributed by atoms with Crippen LogP contribution in [0.15, 0.2) is 35.2 Å². The Kier molecular flexibility index (Phi) is 3.32. The molecule has 3 aromatic rings. The van der Waals surface area contributed by atoms with Gasteiger partial charge >= 0.3 is 0 Å².